The second-order valence-electron chi connectivity index (χ2n) is 4.89. The predicted molar refractivity (Wildman–Crippen MR) is 79.3 cm³/mol. The highest BCUT2D eigenvalue weighted by molar-refractivity contribution is 5.53. The lowest BCUT2D eigenvalue weighted by Crippen LogP contribution is -2.34. The van der Waals surface area contributed by atoms with Crippen LogP contribution in [0.15, 0.2) is 42.5 Å². The maximum absolute atomic E-state index is 9.74. The van der Waals surface area contributed by atoms with Crippen LogP contribution in [0.2, 0.25) is 0 Å². The van der Waals surface area contributed by atoms with E-state index in [0.29, 0.717) is 12.0 Å². The van der Waals surface area contributed by atoms with E-state index in [2.05, 4.69) is 5.32 Å². The Kier molecular flexibility index (Phi) is 5.03. The van der Waals surface area contributed by atoms with Gasteiger partial charge in [-0.1, -0.05) is 36.4 Å². The molecule has 2 rings (SSSR count). The highest BCUT2D eigenvalue weighted by Crippen LogP contribution is 2.36. The van der Waals surface area contributed by atoms with Crippen molar-refractivity contribution in [2.45, 2.75) is 19.0 Å². The summed E-state index contributed by atoms with van der Waals surface area (Å²) in [7, 11) is 0. The molecule has 112 valence electrons. The number of rotatable bonds is 6. The largest absolute Gasteiger partial charge is 0.504 e. The van der Waals surface area contributed by atoms with Gasteiger partial charge in [-0.05, 0) is 18.1 Å². The van der Waals surface area contributed by atoms with Crippen LogP contribution in [-0.2, 0) is 13.0 Å². The molecule has 0 fully saturated rings. The summed E-state index contributed by atoms with van der Waals surface area (Å²) in [6.07, 6.45) is 0.655. The molecule has 21 heavy (non-hydrogen) atoms. The quantitative estimate of drug-likeness (QED) is 0.520. The van der Waals surface area contributed by atoms with Gasteiger partial charge in [0.05, 0.1) is 6.61 Å². The summed E-state index contributed by atoms with van der Waals surface area (Å²) < 4.78 is 0. The summed E-state index contributed by atoms with van der Waals surface area (Å²) in [5, 5.41) is 41.0. The third kappa shape index (κ3) is 3.87. The maximum Gasteiger partial charge on any atom is 0.200 e. The van der Waals surface area contributed by atoms with Crippen molar-refractivity contribution in [2.24, 2.45) is 0 Å². The number of aliphatic hydroxyl groups is 1. The molecule has 0 heterocycles. The molecule has 0 spiro atoms. The lowest BCUT2D eigenvalue weighted by molar-refractivity contribution is 0.240. The Morgan fingerprint density at radius 3 is 2.29 bits per heavy atom. The van der Waals surface area contributed by atoms with E-state index in [1.807, 2.05) is 30.3 Å². The highest BCUT2D eigenvalue weighted by Gasteiger charge is 2.13. The minimum absolute atomic E-state index is 0.0419. The molecule has 5 heteroatoms. The van der Waals surface area contributed by atoms with Crippen LogP contribution in [0.5, 0.6) is 17.2 Å². The average molecular weight is 289 g/mol. The van der Waals surface area contributed by atoms with Crippen molar-refractivity contribution >= 4 is 0 Å². The molecule has 0 aliphatic carbocycles. The molecule has 0 unspecified atom stereocenters. The Labute approximate surface area is 123 Å². The minimum Gasteiger partial charge on any atom is -0.504 e. The zero-order chi connectivity index (χ0) is 15.2. The molecule has 0 aliphatic heterocycles. The van der Waals surface area contributed by atoms with Crippen molar-refractivity contribution in [2.75, 3.05) is 6.61 Å². The standard InChI is InChI=1S/C16H19NO4/c18-10-13(8-11-4-2-1-3-5-11)17-9-12-6-7-14(19)16(21)15(12)20/h1-7,13,17-21H,8-10H2/t13-/m0/s1. The number of hydrogen-bond donors (Lipinski definition) is 5. The number of benzene rings is 2. The van der Waals surface area contributed by atoms with Crippen LogP contribution in [-0.4, -0.2) is 33.1 Å². The van der Waals surface area contributed by atoms with Crippen molar-refractivity contribution < 1.29 is 20.4 Å². The summed E-state index contributed by atoms with van der Waals surface area (Å²) in [6.45, 7) is 0.234. The lowest BCUT2D eigenvalue weighted by atomic mass is 10.1. The van der Waals surface area contributed by atoms with Gasteiger partial charge < -0.3 is 25.7 Å². The minimum atomic E-state index is -0.530. The summed E-state index contributed by atoms with van der Waals surface area (Å²) >= 11 is 0. The van der Waals surface area contributed by atoms with E-state index in [-0.39, 0.29) is 30.7 Å². The first-order chi connectivity index (χ1) is 10.1. The number of phenolic OH excluding ortho intramolecular Hbond substituents is 3. The van der Waals surface area contributed by atoms with Gasteiger partial charge in [0.15, 0.2) is 11.5 Å². The zero-order valence-corrected chi connectivity index (χ0v) is 11.5. The molecular weight excluding hydrogens is 270 g/mol. The van der Waals surface area contributed by atoms with E-state index >= 15 is 0 Å². The van der Waals surface area contributed by atoms with Gasteiger partial charge in [0.2, 0.25) is 5.75 Å². The monoisotopic (exact) mass is 289 g/mol. The molecule has 2 aromatic rings. The van der Waals surface area contributed by atoms with E-state index in [0.717, 1.165) is 5.56 Å². The van der Waals surface area contributed by atoms with Gasteiger partial charge in [0, 0.05) is 18.2 Å². The second-order valence-corrected chi connectivity index (χ2v) is 4.89. The van der Waals surface area contributed by atoms with Crippen LogP contribution in [0.3, 0.4) is 0 Å². The average Bonchev–Trinajstić information content (AvgIpc) is 2.51. The molecule has 0 aliphatic rings. The third-order valence-corrected chi connectivity index (χ3v) is 3.34. The smallest absolute Gasteiger partial charge is 0.200 e. The summed E-state index contributed by atoms with van der Waals surface area (Å²) in [6, 6.07) is 12.4. The first-order valence-electron chi connectivity index (χ1n) is 6.72. The fraction of sp³-hybridized carbons (Fsp3) is 0.250. The Bertz CT molecular complexity index is 586. The molecule has 1 atom stereocenters. The fourth-order valence-corrected chi connectivity index (χ4v) is 2.11. The molecule has 5 nitrogen and oxygen atoms in total. The molecular formula is C16H19NO4. The molecule has 0 aromatic heterocycles. The predicted octanol–water partition coefficient (Wildman–Crippen LogP) is 1.50. The summed E-state index contributed by atoms with van der Waals surface area (Å²) in [4.78, 5) is 0. The van der Waals surface area contributed by atoms with Gasteiger partial charge in [-0.3, -0.25) is 0 Å². The molecule has 0 bridgehead atoms. The van der Waals surface area contributed by atoms with Gasteiger partial charge >= 0.3 is 0 Å². The summed E-state index contributed by atoms with van der Waals surface area (Å²) in [5.41, 5.74) is 1.55. The number of phenols is 3. The van der Waals surface area contributed by atoms with E-state index in [1.165, 1.54) is 12.1 Å². The van der Waals surface area contributed by atoms with Crippen LogP contribution >= 0.6 is 0 Å². The molecule has 5 N–H and O–H groups in total. The second kappa shape index (κ2) is 6.97. The van der Waals surface area contributed by atoms with Gasteiger partial charge in [-0.25, -0.2) is 0 Å². The normalized spacial score (nSPS) is 12.2. The van der Waals surface area contributed by atoms with Crippen molar-refractivity contribution in [3.63, 3.8) is 0 Å². The topological polar surface area (TPSA) is 93.0 Å². The van der Waals surface area contributed by atoms with Crippen molar-refractivity contribution in [3.05, 3.63) is 53.6 Å². The Hall–Kier alpha value is -2.24. The van der Waals surface area contributed by atoms with Crippen molar-refractivity contribution in [3.8, 4) is 17.2 Å². The first kappa shape index (κ1) is 15.2. The van der Waals surface area contributed by atoms with Gasteiger partial charge in [0.25, 0.3) is 0 Å². The molecule has 0 saturated heterocycles. The molecule has 2 aromatic carbocycles. The van der Waals surface area contributed by atoms with Crippen LogP contribution in [0.4, 0.5) is 0 Å². The van der Waals surface area contributed by atoms with E-state index in [1.54, 1.807) is 0 Å². The summed E-state index contributed by atoms with van der Waals surface area (Å²) in [5.74, 6) is -1.24. The maximum atomic E-state index is 9.74. The molecule has 0 radical (unpaired) electrons. The van der Waals surface area contributed by atoms with E-state index in [9.17, 15) is 20.4 Å². The van der Waals surface area contributed by atoms with E-state index < -0.39 is 5.75 Å². The van der Waals surface area contributed by atoms with Gasteiger partial charge in [-0.15, -0.1) is 0 Å². The number of aliphatic hydroxyl groups excluding tert-OH is 1. The zero-order valence-electron chi connectivity index (χ0n) is 11.5. The van der Waals surface area contributed by atoms with E-state index in [4.69, 9.17) is 0 Å². The Morgan fingerprint density at radius 2 is 1.62 bits per heavy atom. The van der Waals surface area contributed by atoms with Crippen LogP contribution in [0.1, 0.15) is 11.1 Å². The van der Waals surface area contributed by atoms with Crippen LogP contribution in [0, 0.1) is 0 Å². The van der Waals surface area contributed by atoms with Crippen LogP contribution in [0.25, 0.3) is 0 Å². The lowest BCUT2D eigenvalue weighted by Gasteiger charge is -2.17. The Balaban J connectivity index is 1.99. The highest BCUT2D eigenvalue weighted by atomic mass is 16.3. The first-order valence-corrected chi connectivity index (χ1v) is 6.72. The SMILES string of the molecule is OC[C@H](Cc1ccccc1)NCc1ccc(O)c(O)c1O. The van der Waals surface area contributed by atoms with Gasteiger partial charge in [-0.2, -0.15) is 0 Å². The number of aromatic hydroxyl groups is 3. The van der Waals surface area contributed by atoms with Gasteiger partial charge in [0.1, 0.15) is 0 Å². The molecule has 0 amide bonds. The van der Waals surface area contributed by atoms with Crippen LogP contribution < -0.4 is 5.32 Å². The fourth-order valence-electron chi connectivity index (χ4n) is 2.11. The van der Waals surface area contributed by atoms with Crippen molar-refractivity contribution in [1.82, 2.24) is 5.32 Å². The third-order valence-electron chi connectivity index (χ3n) is 3.34. The van der Waals surface area contributed by atoms with Crippen molar-refractivity contribution in [1.29, 1.82) is 0 Å². The number of hydrogen-bond acceptors (Lipinski definition) is 5. The molecule has 0 saturated carbocycles. The Morgan fingerprint density at radius 1 is 0.905 bits per heavy atom. The number of nitrogens with one attached hydrogen (secondary N) is 1.